The summed E-state index contributed by atoms with van der Waals surface area (Å²) in [6, 6.07) is 62.6. The maximum atomic E-state index is 5.31. The molecule has 8 aromatic carbocycles. The van der Waals surface area contributed by atoms with Crippen LogP contribution in [-0.4, -0.2) is 14.5 Å². The highest BCUT2D eigenvalue weighted by molar-refractivity contribution is 6.21. The Morgan fingerprint density at radius 3 is 1.84 bits per heavy atom. The van der Waals surface area contributed by atoms with E-state index in [1.807, 2.05) is 0 Å². The van der Waals surface area contributed by atoms with Gasteiger partial charge in [0.05, 0.1) is 22.2 Å². The van der Waals surface area contributed by atoms with E-state index in [1.165, 1.54) is 49.0 Å². The van der Waals surface area contributed by atoms with Crippen LogP contribution in [0.15, 0.2) is 176 Å². The lowest BCUT2D eigenvalue weighted by atomic mass is 9.98. The lowest BCUT2D eigenvalue weighted by molar-refractivity contribution is 1.18. The van der Waals surface area contributed by atoms with E-state index in [0.717, 1.165) is 44.8 Å². The van der Waals surface area contributed by atoms with Crippen molar-refractivity contribution in [2.24, 2.45) is 0 Å². The van der Waals surface area contributed by atoms with E-state index in [0.29, 0.717) is 0 Å². The smallest absolute Gasteiger partial charge is 0.160 e. The second kappa shape index (κ2) is 11.0. The van der Waals surface area contributed by atoms with Gasteiger partial charge in [-0.1, -0.05) is 121 Å². The molecule has 3 nitrogen and oxygen atoms in total. The van der Waals surface area contributed by atoms with Gasteiger partial charge in [0, 0.05) is 33.0 Å². The van der Waals surface area contributed by atoms with E-state index >= 15 is 0 Å². The van der Waals surface area contributed by atoms with Crippen molar-refractivity contribution in [3.63, 3.8) is 0 Å². The predicted molar refractivity (Wildman–Crippen MR) is 205 cm³/mol. The Bertz CT molecular complexity index is 2870. The zero-order chi connectivity index (χ0) is 32.3. The first-order chi connectivity index (χ1) is 24.3. The normalized spacial score (nSPS) is 11.7. The molecule has 0 spiro atoms. The summed E-state index contributed by atoms with van der Waals surface area (Å²) in [7, 11) is 0. The molecule has 10 rings (SSSR count). The van der Waals surface area contributed by atoms with Crippen LogP contribution in [0.5, 0.6) is 0 Å². The molecule has 2 heterocycles. The van der Waals surface area contributed by atoms with Crippen LogP contribution in [0, 0.1) is 0 Å². The van der Waals surface area contributed by atoms with E-state index in [2.05, 4.69) is 180 Å². The van der Waals surface area contributed by atoms with Gasteiger partial charge in [-0.3, -0.25) is 0 Å². The summed E-state index contributed by atoms with van der Waals surface area (Å²) in [6.45, 7) is 0. The van der Waals surface area contributed by atoms with Gasteiger partial charge in [0.2, 0.25) is 0 Å². The van der Waals surface area contributed by atoms with Crippen LogP contribution in [-0.2, 0) is 0 Å². The van der Waals surface area contributed by atoms with Gasteiger partial charge < -0.3 is 4.57 Å². The van der Waals surface area contributed by atoms with Gasteiger partial charge in [0.15, 0.2) is 5.82 Å². The van der Waals surface area contributed by atoms with Crippen molar-refractivity contribution >= 4 is 54.3 Å². The minimum atomic E-state index is 0.718. The molecule has 0 N–H and O–H groups in total. The van der Waals surface area contributed by atoms with Crippen molar-refractivity contribution in [3.05, 3.63) is 176 Å². The first kappa shape index (κ1) is 27.5. The Hall–Kier alpha value is -6.58. The molecule has 0 saturated carbocycles. The average molecular weight is 624 g/mol. The number of para-hydroxylation sites is 2. The highest BCUT2D eigenvalue weighted by Crippen LogP contribution is 2.39. The molecule has 228 valence electrons. The Balaban J connectivity index is 1.17. The number of hydrogen-bond acceptors (Lipinski definition) is 2. The van der Waals surface area contributed by atoms with Crippen molar-refractivity contribution in [1.29, 1.82) is 0 Å². The van der Waals surface area contributed by atoms with E-state index in [1.54, 1.807) is 0 Å². The summed E-state index contributed by atoms with van der Waals surface area (Å²) in [5, 5.41) is 8.32. The fourth-order valence-electron chi connectivity index (χ4n) is 7.41. The first-order valence-electron chi connectivity index (χ1n) is 16.7. The largest absolute Gasteiger partial charge is 0.309 e. The molecular formula is C46H29N3. The average Bonchev–Trinajstić information content (AvgIpc) is 3.52. The number of nitrogens with zero attached hydrogens (tertiary/aromatic N) is 3. The zero-order valence-corrected chi connectivity index (χ0v) is 26.6. The molecule has 0 amide bonds. The fourth-order valence-corrected chi connectivity index (χ4v) is 7.41. The molecule has 0 aliphatic rings. The monoisotopic (exact) mass is 623 g/mol. The number of hydrogen-bond donors (Lipinski definition) is 0. The van der Waals surface area contributed by atoms with Crippen LogP contribution in [0.25, 0.3) is 93.7 Å². The molecule has 3 heteroatoms. The Morgan fingerprint density at radius 2 is 1.00 bits per heavy atom. The van der Waals surface area contributed by atoms with E-state index in [-0.39, 0.29) is 0 Å². The highest BCUT2D eigenvalue weighted by Gasteiger charge is 2.18. The van der Waals surface area contributed by atoms with Crippen molar-refractivity contribution < 1.29 is 0 Å². The summed E-state index contributed by atoms with van der Waals surface area (Å²) in [5.74, 6) is 0.718. The van der Waals surface area contributed by atoms with Crippen molar-refractivity contribution in [1.82, 2.24) is 14.5 Å². The summed E-state index contributed by atoms with van der Waals surface area (Å²) < 4.78 is 2.37. The van der Waals surface area contributed by atoms with Crippen molar-refractivity contribution in [3.8, 4) is 39.5 Å². The van der Waals surface area contributed by atoms with Crippen LogP contribution in [0.2, 0.25) is 0 Å². The molecule has 2 aromatic heterocycles. The van der Waals surface area contributed by atoms with Gasteiger partial charge in [-0.2, -0.15) is 0 Å². The SMILES string of the molecule is c1ccc(-c2ccc3cc(-c4nc(-c5ccc6c(c5)c5c7ccccc7ccc5n6-c5ccccc5)nc5ccccc45)ccc3c2)cc1. The van der Waals surface area contributed by atoms with Crippen molar-refractivity contribution in [2.45, 2.75) is 0 Å². The predicted octanol–water partition coefficient (Wildman–Crippen LogP) is 12.0. The maximum absolute atomic E-state index is 5.31. The first-order valence-corrected chi connectivity index (χ1v) is 16.7. The molecule has 10 aromatic rings. The second-order valence-electron chi connectivity index (χ2n) is 12.6. The number of rotatable bonds is 4. The molecule has 0 unspecified atom stereocenters. The molecule has 49 heavy (non-hydrogen) atoms. The third kappa shape index (κ3) is 4.51. The lowest BCUT2D eigenvalue weighted by Gasteiger charge is -2.11. The van der Waals surface area contributed by atoms with Crippen LogP contribution in [0.3, 0.4) is 0 Å². The molecule has 0 bridgehead atoms. The molecule has 0 radical (unpaired) electrons. The standard InChI is InChI=1S/C46H29N3/c1-3-11-30(12-4-1)32-19-20-34-28-35(22-21-33(34)27-32)45-39-17-9-10-18-41(39)47-46(48-45)36-24-25-42-40(29-36)44-38-16-8-7-13-31(38)23-26-43(44)49(42)37-14-5-2-6-15-37/h1-29H. The van der Waals surface area contributed by atoms with E-state index in [9.17, 15) is 0 Å². The topological polar surface area (TPSA) is 30.7 Å². The van der Waals surface area contributed by atoms with E-state index in [4.69, 9.17) is 9.97 Å². The Morgan fingerprint density at radius 1 is 0.367 bits per heavy atom. The Labute approximate surface area is 283 Å². The van der Waals surface area contributed by atoms with Gasteiger partial charge in [0.25, 0.3) is 0 Å². The summed E-state index contributed by atoms with van der Waals surface area (Å²) in [6.07, 6.45) is 0. The fraction of sp³-hybridized carbons (Fsp3) is 0. The molecule has 0 atom stereocenters. The molecule has 0 saturated heterocycles. The number of benzene rings is 8. The van der Waals surface area contributed by atoms with Crippen LogP contribution in [0.1, 0.15) is 0 Å². The third-order valence-electron chi connectivity index (χ3n) is 9.75. The Kier molecular flexibility index (Phi) is 6.18. The second-order valence-corrected chi connectivity index (χ2v) is 12.6. The van der Waals surface area contributed by atoms with Crippen LogP contribution < -0.4 is 0 Å². The third-order valence-corrected chi connectivity index (χ3v) is 9.75. The summed E-state index contributed by atoms with van der Waals surface area (Å²) in [5.41, 5.74) is 9.85. The zero-order valence-electron chi connectivity index (χ0n) is 26.6. The highest BCUT2D eigenvalue weighted by atomic mass is 15.0. The number of aromatic nitrogens is 3. The molecule has 0 aliphatic heterocycles. The quantitative estimate of drug-likeness (QED) is 0.195. The van der Waals surface area contributed by atoms with Gasteiger partial charge in [-0.05, 0) is 87.3 Å². The van der Waals surface area contributed by atoms with Gasteiger partial charge in [-0.25, -0.2) is 9.97 Å². The van der Waals surface area contributed by atoms with Crippen LogP contribution in [0.4, 0.5) is 0 Å². The minimum Gasteiger partial charge on any atom is -0.309 e. The summed E-state index contributed by atoms with van der Waals surface area (Å²) >= 11 is 0. The lowest BCUT2D eigenvalue weighted by Crippen LogP contribution is -1.96. The van der Waals surface area contributed by atoms with Gasteiger partial charge in [0.1, 0.15) is 0 Å². The minimum absolute atomic E-state index is 0.718. The van der Waals surface area contributed by atoms with E-state index < -0.39 is 0 Å². The van der Waals surface area contributed by atoms with Gasteiger partial charge >= 0.3 is 0 Å². The molecule has 0 aliphatic carbocycles. The van der Waals surface area contributed by atoms with Crippen molar-refractivity contribution in [2.75, 3.05) is 0 Å². The maximum Gasteiger partial charge on any atom is 0.160 e. The molecular weight excluding hydrogens is 595 g/mol. The summed E-state index contributed by atoms with van der Waals surface area (Å²) in [4.78, 5) is 10.4. The molecule has 0 fully saturated rings. The van der Waals surface area contributed by atoms with Gasteiger partial charge in [-0.15, -0.1) is 0 Å². The number of fused-ring (bicyclic) bond motifs is 7. The van der Waals surface area contributed by atoms with Crippen LogP contribution >= 0.6 is 0 Å².